The lowest BCUT2D eigenvalue weighted by Crippen LogP contribution is -2.32. The Bertz CT molecular complexity index is 914. The maximum atomic E-state index is 12.5. The van der Waals surface area contributed by atoms with Crippen LogP contribution in [0.4, 0.5) is 5.82 Å². The highest BCUT2D eigenvalue weighted by Gasteiger charge is 2.16. The minimum absolute atomic E-state index is 0.0209. The van der Waals surface area contributed by atoms with E-state index >= 15 is 0 Å². The van der Waals surface area contributed by atoms with E-state index in [4.69, 9.17) is 5.73 Å². The summed E-state index contributed by atoms with van der Waals surface area (Å²) in [6, 6.07) is 11.5. The quantitative estimate of drug-likeness (QED) is 0.363. The Morgan fingerprint density at radius 3 is 2.73 bits per heavy atom. The predicted octanol–water partition coefficient (Wildman–Crippen LogP) is 2.13. The fourth-order valence-electron chi connectivity index (χ4n) is 3.55. The second-order valence-electron chi connectivity index (χ2n) is 7.21. The Labute approximate surface area is 176 Å². The highest BCUT2D eigenvalue weighted by Crippen LogP contribution is 2.22. The van der Waals surface area contributed by atoms with Crippen molar-refractivity contribution in [3.63, 3.8) is 0 Å². The molecule has 8 heteroatoms. The number of aromatic amines is 1. The third-order valence-electron chi connectivity index (χ3n) is 5.05. The summed E-state index contributed by atoms with van der Waals surface area (Å²) in [5, 5.41) is 13.4. The molecule has 0 bridgehead atoms. The Hall–Kier alpha value is -2.97. The highest BCUT2D eigenvalue weighted by molar-refractivity contribution is 5.87. The molecule has 3 aromatic rings. The lowest BCUT2D eigenvalue weighted by molar-refractivity contribution is -0.122. The van der Waals surface area contributed by atoms with E-state index in [0.717, 1.165) is 35.4 Å². The number of carbonyl (C=O) groups excluding carboxylic acids is 1. The first-order chi connectivity index (χ1) is 14.7. The number of amides is 1. The van der Waals surface area contributed by atoms with Gasteiger partial charge in [-0.1, -0.05) is 30.3 Å². The normalized spacial score (nSPS) is 12.1. The maximum Gasteiger partial charge on any atom is 0.220 e. The number of rotatable bonds is 12. The van der Waals surface area contributed by atoms with Crippen LogP contribution in [-0.2, 0) is 4.79 Å². The number of aromatic nitrogens is 3. The molecule has 3 rings (SSSR count). The standard InChI is InChI=1S/C22H30N6O2/c23-11-5-14-28(22-18-9-12-24-21(18)25-16-26-22)13-4-8-20(30)27-19(10-15-29)17-6-2-1-3-7-17/h1-3,6-7,9,12,16,19,29H,4-5,8,10-11,13-15,23H2,(H,27,30)(H,24,25,26)/t19-/m0/s1. The van der Waals surface area contributed by atoms with Gasteiger partial charge in [-0.2, -0.15) is 0 Å². The van der Waals surface area contributed by atoms with Gasteiger partial charge >= 0.3 is 0 Å². The number of aliphatic hydroxyl groups excluding tert-OH is 1. The first-order valence-corrected chi connectivity index (χ1v) is 10.4. The van der Waals surface area contributed by atoms with E-state index in [1.54, 1.807) is 6.33 Å². The molecular formula is C22H30N6O2. The summed E-state index contributed by atoms with van der Waals surface area (Å²) in [6.45, 7) is 2.08. The van der Waals surface area contributed by atoms with E-state index in [1.807, 2.05) is 42.6 Å². The summed E-state index contributed by atoms with van der Waals surface area (Å²) < 4.78 is 0. The van der Waals surface area contributed by atoms with Crippen LogP contribution >= 0.6 is 0 Å². The van der Waals surface area contributed by atoms with E-state index in [9.17, 15) is 9.90 Å². The van der Waals surface area contributed by atoms with Gasteiger partial charge < -0.3 is 26.0 Å². The van der Waals surface area contributed by atoms with Gasteiger partial charge in [0.05, 0.1) is 11.4 Å². The van der Waals surface area contributed by atoms with Crippen LogP contribution in [0.5, 0.6) is 0 Å². The molecule has 0 saturated heterocycles. The van der Waals surface area contributed by atoms with E-state index in [1.165, 1.54) is 0 Å². The summed E-state index contributed by atoms with van der Waals surface area (Å²) in [5.41, 5.74) is 7.51. The topological polar surface area (TPSA) is 120 Å². The first kappa shape index (κ1) is 21.7. The molecule has 160 valence electrons. The van der Waals surface area contributed by atoms with Gasteiger partial charge in [-0.25, -0.2) is 9.97 Å². The van der Waals surface area contributed by atoms with Crippen molar-refractivity contribution in [2.45, 2.75) is 31.7 Å². The molecule has 2 aromatic heterocycles. The summed E-state index contributed by atoms with van der Waals surface area (Å²) in [7, 11) is 0. The van der Waals surface area contributed by atoms with Crippen molar-refractivity contribution in [3.05, 3.63) is 54.5 Å². The number of anilines is 1. The van der Waals surface area contributed by atoms with Crippen molar-refractivity contribution in [3.8, 4) is 0 Å². The van der Waals surface area contributed by atoms with Crippen molar-refractivity contribution < 1.29 is 9.90 Å². The lowest BCUT2D eigenvalue weighted by atomic mass is 10.0. The summed E-state index contributed by atoms with van der Waals surface area (Å²) in [5.74, 6) is 0.836. The fourth-order valence-corrected chi connectivity index (χ4v) is 3.55. The van der Waals surface area contributed by atoms with Gasteiger partial charge in [0.15, 0.2) is 0 Å². The number of nitrogens with two attached hydrogens (primary N) is 1. The SMILES string of the molecule is NCCCN(CCCC(=O)N[C@@H](CCO)c1ccccc1)c1ncnc2[nH]ccc12. The molecule has 30 heavy (non-hydrogen) atoms. The van der Waals surface area contributed by atoms with Gasteiger partial charge in [-0.3, -0.25) is 4.79 Å². The monoisotopic (exact) mass is 410 g/mol. The van der Waals surface area contributed by atoms with Gasteiger partial charge in [0.1, 0.15) is 17.8 Å². The minimum atomic E-state index is -0.182. The van der Waals surface area contributed by atoms with Gasteiger partial charge in [-0.15, -0.1) is 0 Å². The molecular weight excluding hydrogens is 380 g/mol. The highest BCUT2D eigenvalue weighted by atomic mass is 16.3. The van der Waals surface area contributed by atoms with Crippen molar-refractivity contribution >= 4 is 22.8 Å². The van der Waals surface area contributed by atoms with E-state index in [-0.39, 0.29) is 18.6 Å². The molecule has 0 unspecified atom stereocenters. The first-order valence-electron chi connectivity index (χ1n) is 10.4. The Balaban J connectivity index is 1.59. The fraction of sp³-hybridized carbons (Fsp3) is 0.409. The third kappa shape index (κ3) is 5.77. The van der Waals surface area contributed by atoms with Crippen LogP contribution < -0.4 is 16.0 Å². The van der Waals surface area contributed by atoms with Crippen LogP contribution in [0.25, 0.3) is 11.0 Å². The average molecular weight is 411 g/mol. The number of nitrogens with one attached hydrogen (secondary N) is 2. The van der Waals surface area contributed by atoms with E-state index in [0.29, 0.717) is 32.4 Å². The van der Waals surface area contributed by atoms with Gasteiger partial charge in [0, 0.05) is 32.3 Å². The average Bonchev–Trinajstić information content (AvgIpc) is 3.25. The largest absolute Gasteiger partial charge is 0.396 e. The van der Waals surface area contributed by atoms with Gasteiger partial charge in [0.25, 0.3) is 0 Å². The molecule has 0 radical (unpaired) electrons. The molecule has 0 fully saturated rings. The zero-order valence-electron chi connectivity index (χ0n) is 17.1. The minimum Gasteiger partial charge on any atom is -0.396 e. The van der Waals surface area contributed by atoms with E-state index < -0.39 is 0 Å². The number of H-pyrrole nitrogens is 1. The lowest BCUT2D eigenvalue weighted by Gasteiger charge is -2.24. The molecule has 5 N–H and O–H groups in total. The van der Waals surface area contributed by atoms with Gasteiger partial charge in [0.2, 0.25) is 5.91 Å². The van der Waals surface area contributed by atoms with Crippen LogP contribution in [0.3, 0.4) is 0 Å². The van der Waals surface area contributed by atoms with Crippen LogP contribution in [0, 0.1) is 0 Å². The van der Waals surface area contributed by atoms with Crippen LogP contribution in [0.2, 0.25) is 0 Å². The number of hydrogen-bond donors (Lipinski definition) is 4. The number of fused-ring (bicyclic) bond motifs is 1. The molecule has 0 aliphatic rings. The summed E-state index contributed by atoms with van der Waals surface area (Å²) in [4.78, 5) is 26.5. The Kier molecular flexibility index (Phi) is 8.17. The van der Waals surface area contributed by atoms with Crippen LogP contribution in [0.15, 0.2) is 48.9 Å². The second-order valence-corrected chi connectivity index (χ2v) is 7.21. The number of carbonyl (C=O) groups is 1. The molecule has 0 aliphatic carbocycles. The Morgan fingerprint density at radius 2 is 1.97 bits per heavy atom. The van der Waals surface area contributed by atoms with Crippen molar-refractivity contribution in [2.24, 2.45) is 5.73 Å². The second kappa shape index (κ2) is 11.3. The molecule has 1 amide bonds. The van der Waals surface area contributed by atoms with Crippen molar-refractivity contribution in [1.29, 1.82) is 0 Å². The van der Waals surface area contributed by atoms with Crippen molar-refractivity contribution in [1.82, 2.24) is 20.3 Å². The molecule has 0 saturated carbocycles. The molecule has 1 aromatic carbocycles. The molecule has 0 spiro atoms. The molecule has 8 nitrogen and oxygen atoms in total. The maximum absolute atomic E-state index is 12.5. The smallest absolute Gasteiger partial charge is 0.220 e. The number of benzene rings is 1. The summed E-state index contributed by atoms with van der Waals surface area (Å²) in [6.07, 6.45) is 5.82. The van der Waals surface area contributed by atoms with Crippen molar-refractivity contribution in [2.75, 3.05) is 31.1 Å². The zero-order valence-corrected chi connectivity index (χ0v) is 17.1. The molecule has 1 atom stereocenters. The van der Waals surface area contributed by atoms with Crippen LogP contribution in [0.1, 0.15) is 37.3 Å². The number of nitrogens with zero attached hydrogens (tertiary/aromatic N) is 3. The zero-order chi connectivity index (χ0) is 21.2. The molecule has 0 aliphatic heterocycles. The summed E-state index contributed by atoms with van der Waals surface area (Å²) >= 11 is 0. The number of aliphatic hydroxyl groups is 1. The Morgan fingerprint density at radius 1 is 1.17 bits per heavy atom. The van der Waals surface area contributed by atoms with Crippen LogP contribution in [-0.4, -0.2) is 52.2 Å². The third-order valence-corrected chi connectivity index (χ3v) is 5.05. The predicted molar refractivity (Wildman–Crippen MR) is 118 cm³/mol. The van der Waals surface area contributed by atoms with Gasteiger partial charge in [-0.05, 0) is 37.4 Å². The molecule has 2 heterocycles. The number of hydrogen-bond acceptors (Lipinski definition) is 6. The van der Waals surface area contributed by atoms with E-state index in [2.05, 4.69) is 25.2 Å².